The number of nitrogens with one attached hydrogen (secondary N) is 2. The molecule has 0 spiro atoms. The topological polar surface area (TPSA) is 158 Å². The number of alkyl halides is 1. The van der Waals surface area contributed by atoms with E-state index in [1.54, 1.807) is 18.2 Å². The van der Waals surface area contributed by atoms with Gasteiger partial charge in [-0.2, -0.15) is 5.09 Å². The van der Waals surface area contributed by atoms with Crippen molar-refractivity contribution in [3.05, 3.63) is 63.4 Å². The van der Waals surface area contributed by atoms with E-state index in [1.807, 2.05) is 11.9 Å². The van der Waals surface area contributed by atoms with Crippen molar-refractivity contribution >= 4 is 13.7 Å². The lowest BCUT2D eigenvalue weighted by Gasteiger charge is -2.25. The molecular formula is C22H29FN3O9P. The number of aliphatic hydroxyl groups is 1. The fraction of sp³-hybridized carbons (Fsp3) is 0.500. The number of halogens is 1. The summed E-state index contributed by atoms with van der Waals surface area (Å²) in [5, 5.41) is 13.0. The van der Waals surface area contributed by atoms with E-state index < -0.39 is 61.7 Å². The number of carbonyl (C=O) groups is 1. The van der Waals surface area contributed by atoms with Crippen LogP contribution in [0.4, 0.5) is 4.39 Å². The third kappa shape index (κ3) is 6.48. The lowest BCUT2D eigenvalue weighted by Crippen LogP contribution is -2.43. The minimum atomic E-state index is -4.29. The van der Waals surface area contributed by atoms with E-state index >= 15 is 4.39 Å². The molecule has 1 saturated heterocycles. The van der Waals surface area contributed by atoms with Crippen LogP contribution in [0.1, 0.15) is 33.4 Å². The first-order valence-electron chi connectivity index (χ1n) is 11.2. The van der Waals surface area contributed by atoms with Gasteiger partial charge < -0.3 is 19.1 Å². The molecule has 1 aromatic carbocycles. The molecule has 0 saturated carbocycles. The van der Waals surface area contributed by atoms with Crippen molar-refractivity contribution < 1.29 is 37.4 Å². The quantitative estimate of drug-likeness (QED) is 0.289. The van der Waals surface area contributed by atoms with Gasteiger partial charge >= 0.3 is 19.4 Å². The van der Waals surface area contributed by atoms with Gasteiger partial charge in [-0.15, -0.1) is 0 Å². The highest BCUT2D eigenvalue weighted by atomic mass is 31.2. The molecule has 0 bridgehead atoms. The first-order valence-corrected chi connectivity index (χ1v) is 12.8. The van der Waals surface area contributed by atoms with Crippen molar-refractivity contribution in [2.45, 2.75) is 57.3 Å². The Labute approximate surface area is 205 Å². The SMILES string of the molecule is CCCOC(=O)[C@H](C)NP(=O)(OC[C@H]1O[C@@H](n2ccc(=O)[nH]c2=O)[C@](C)(F)[C@@H]1O)Oc1ccccc1. The number of para-hydroxylation sites is 1. The summed E-state index contributed by atoms with van der Waals surface area (Å²) < 4.78 is 51.3. The normalized spacial score (nSPS) is 26.2. The zero-order chi connectivity index (χ0) is 26.5. The fourth-order valence-corrected chi connectivity index (χ4v) is 4.96. The Kier molecular flexibility index (Phi) is 8.85. The van der Waals surface area contributed by atoms with Crippen molar-refractivity contribution in [2.24, 2.45) is 0 Å². The first-order chi connectivity index (χ1) is 17.0. The standard InChI is InChI=1S/C22H29FN3O9P/c1-4-12-32-19(29)14(2)25-36(31,35-15-8-6-5-7-9-15)33-13-16-18(28)22(3,23)20(34-16)26-11-10-17(27)24-21(26)30/h5-11,14,16,18,20,28H,4,12-13H2,1-3H3,(H,25,31)(H,24,27,30)/t14-,16+,18+,20+,22+,36?/m0/s1. The van der Waals surface area contributed by atoms with Crippen molar-refractivity contribution in [3.63, 3.8) is 0 Å². The van der Waals surface area contributed by atoms with Gasteiger partial charge in [0.15, 0.2) is 11.9 Å². The first kappa shape index (κ1) is 27.8. The number of esters is 1. The van der Waals surface area contributed by atoms with Gasteiger partial charge in [-0.05, 0) is 32.4 Å². The third-order valence-electron chi connectivity index (χ3n) is 5.35. The van der Waals surface area contributed by atoms with Crippen LogP contribution in [0.15, 0.2) is 52.2 Å². The predicted octanol–water partition coefficient (Wildman–Crippen LogP) is 1.66. The summed E-state index contributed by atoms with van der Waals surface area (Å²) in [5.74, 6) is -0.535. The molecule has 2 aromatic rings. The van der Waals surface area contributed by atoms with Gasteiger partial charge in [-0.1, -0.05) is 25.1 Å². The molecule has 1 aliphatic heterocycles. The number of hydrogen-bond donors (Lipinski definition) is 3. The highest BCUT2D eigenvalue weighted by Crippen LogP contribution is 2.47. The number of H-pyrrole nitrogens is 1. The summed E-state index contributed by atoms with van der Waals surface area (Å²) in [5.41, 5.74) is -4.11. The molecule has 14 heteroatoms. The van der Waals surface area contributed by atoms with Crippen molar-refractivity contribution in [3.8, 4) is 5.75 Å². The number of aromatic amines is 1. The third-order valence-corrected chi connectivity index (χ3v) is 7.00. The highest BCUT2D eigenvalue weighted by molar-refractivity contribution is 7.52. The number of hydrogen-bond acceptors (Lipinski definition) is 9. The Hall–Kier alpha value is -2.83. The Morgan fingerprint density at radius 3 is 2.67 bits per heavy atom. The zero-order valence-corrected chi connectivity index (χ0v) is 20.9. The Balaban J connectivity index is 1.78. The van der Waals surface area contributed by atoms with Gasteiger partial charge in [0.25, 0.3) is 5.56 Å². The largest absolute Gasteiger partial charge is 0.465 e. The van der Waals surface area contributed by atoms with Crippen molar-refractivity contribution in [2.75, 3.05) is 13.2 Å². The van der Waals surface area contributed by atoms with Gasteiger partial charge in [0.1, 0.15) is 24.0 Å². The number of aliphatic hydroxyl groups excluding tert-OH is 1. The van der Waals surface area contributed by atoms with E-state index in [0.717, 1.165) is 23.8 Å². The fourth-order valence-electron chi connectivity index (χ4n) is 3.46. The maximum Gasteiger partial charge on any atom is 0.459 e. The Bertz CT molecular complexity index is 1200. The van der Waals surface area contributed by atoms with Crippen LogP contribution >= 0.6 is 7.75 Å². The van der Waals surface area contributed by atoms with Gasteiger partial charge in [0.2, 0.25) is 0 Å². The van der Waals surface area contributed by atoms with E-state index in [-0.39, 0.29) is 12.4 Å². The highest BCUT2D eigenvalue weighted by Gasteiger charge is 2.55. The summed E-state index contributed by atoms with van der Waals surface area (Å²) in [7, 11) is -4.29. The molecule has 0 amide bonds. The van der Waals surface area contributed by atoms with Gasteiger partial charge in [-0.3, -0.25) is 23.7 Å². The molecule has 198 valence electrons. The second kappa shape index (κ2) is 11.5. The van der Waals surface area contributed by atoms with Gasteiger partial charge in [0.05, 0.1) is 13.2 Å². The molecule has 12 nitrogen and oxygen atoms in total. The molecule has 0 radical (unpaired) electrons. The Morgan fingerprint density at radius 2 is 2.03 bits per heavy atom. The van der Waals surface area contributed by atoms with Gasteiger partial charge in [0, 0.05) is 12.3 Å². The number of nitrogens with zero attached hydrogens (tertiary/aromatic N) is 1. The average Bonchev–Trinajstić information content (AvgIpc) is 3.05. The van der Waals surface area contributed by atoms with E-state index in [0.29, 0.717) is 6.42 Å². The molecule has 1 unspecified atom stereocenters. The number of rotatable bonds is 11. The van der Waals surface area contributed by atoms with Crippen LogP contribution in [-0.2, 0) is 23.4 Å². The summed E-state index contributed by atoms with van der Waals surface area (Å²) >= 11 is 0. The molecule has 36 heavy (non-hydrogen) atoms. The lowest BCUT2D eigenvalue weighted by atomic mass is 9.98. The number of benzene rings is 1. The van der Waals surface area contributed by atoms with E-state index in [4.69, 9.17) is 18.5 Å². The number of aromatic nitrogens is 2. The van der Waals surface area contributed by atoms with Crippen LogP contribution in [0.25, 0.3) is 0 Å². The van der Waals surface area contributed by atoms with Crippen LogP contribution in [-0.4, -0.2) is 57.8 Å². The minimum absolute atomic E-state index is 0.156. The monoisotopic (exact) mass is 529 g/mol. The summed E-state index contributed by atoms with van der Waals surface area (Å²) in [6.07, 6.45) is -3.19. The molecule has 0 aliphatic carbocycles. The van der Waals surface area contributed by atoms with E-state index in [2.05, 4.69) is 5.09 Å². The molecule has 6 atom stereocenters. The molecule has 2 heterocycles. The zero-order valence-electron chi connectivity index (χ0n) is 20.0. The molecular weight excluding hydrogens is 500 g/mol. The Morgan fingerprint density at radius 1 is 1.33 bits per heavy atom. The molecule has 3 N–H and O–H groups in total. The van der Waals surface area contributed by atoms with Crippen LogP contribution in [0.5, 0.6) is 5.75 Å². The lowest BCUT2D eigenvalue weighted by molar-refractivity contribution is -0.145. The van der Waals surface area contributed by atoms with Crippen LogP contribution in [0.2, 0.25) is 0 Å². The van der Waals surface area contributed by atoms with Crippen molar-refractivity contribution in [1.29, 1.82) is 0 Å². The molecule has 1 aliphatic rings. The second-order valence-electron chi connectivity index (χ2n) is 8.36. The maximum absolute atomic E-state index is 15.4. The van der Waals surface area contributed by atoms with Crippen LogP contribution in [0.3, 0.4) is 0 Å². The van der Waals surface area contributed by atoms with Crippen LogP contribution in [0, 0.1) is 0 Å². The predicted molar refractivity (Wildman–Crippen MR) is 125 cm³/mol. The number of ether oxygens (including phenoxy) is 2. The van der Waals surface area contributed by atoms with E-state index in [9.17, 15) is 24.1 Å². The van der Waals surface area contributed by atoms with Crippen molar-refractivity contribution in [1.82, 2.24) is 14.6 Å². The molecule has 1 aromatic heterocycles. The van der Waals surface area contributed by atoms with Gasteiger partial charge in [-0.25, -0.2) is 13.8 Å². The second-order valence-corrected chi connectivity index (χ2v) is 10.1. The molecule has 3 rings (SSSR count). The summed E-state index contributed by atoms with van der Waals surface area (Å²) in [6, 6.07) is 7.89. The summed E-state index contributed by atoms with van der Waals surface area (Å²) in [6.45, 7) is 3.77. The average molecular weight is 529 g/mol. The summed E-state index contributed by atoms with van der Waals surface area (Å²) in [4.78, 5) is 37.7. The van der Waals surface area contributed by atoms with Crippen LogP contribution < -0.4 is 20.9 Å². The maximum atomic E-state index is 15.4. The number of carbonyl (C=O) groups excluding carboxylic acids is 1. The van der Waals surface area contributed by atoms with E-state index in [1.165, 1.54) is 19.1 Å². The molecule has 1 fully saturated rings. The minimum Gasteiger partial charge on any atom is -0.465 e. The smallest absolute Gasteiger partial charge is 0.459 e.